The van der Waals surface area contributed by atoms with Gasteiger partial charge in [-0.05, 0) is 37.0 Å². The van der Waals surface area contributed by atoms with Crippen molar-refractivity contribution in [2.24, 2.45) is 5.92 Å². The molecule has 0 radical (unpaired) electrons. The zero-order valence-electron chi connectivity index (χ0n) is 17.9. The lowest BCUT2D eigenvalue weighted by atomic mass is 10.1. The standard InChI is InChI=1S/C21H23F3N4O4S/c1-33(30,31)16-4-5-18(32-13-14-2-3-14)17(10-16)19(29)27-6-8-28(9-7-27)20-25-11-15(12-26-20)21(22,23)24/h4-5,10-12,14H,2-3,6-9,13H2,1H3. The zero-order valence-corrected chi connectivity index (χ0v) is 18.7. The van der Waals surface area contributed by atoms with Crippen LogP contribution in [0.3, 0.4) is 0 Å². The summed E-state index contributed by atoms with van der Waals surface area (Å²) in [7, 11) is -3.52. The van der Waals surface area contributed by atoms with Crippen LogP contribution in [0.1, 0.15) is 28.8 Å². The SMILES string of the molecule is CS(=O)(=O)c1ccc(OCC2CC2)c(C(=O)N2CCN(c3ncc(C(F)(F)F)cn3)CC2)c1. The average molecular weight is 485 g/mol. The first-order valence-corrected chi connectivity index (χ1v) is 12.3. The molecule has 0 bridgehead atoms. The molecule has 0 N–H and O–H groups in total. The molecule has 1 aliphatic carbocycles. The number of carbonyl (C=O) groups is 1. The highest BCUT2D eigenvalue weighted by Crippen LogP contribution is 2.32. The number of amides is 1. The number of carbonyl (C=O) groups excluding carboxylic acids is 1. The summed E-state index contributed by atoms with van der Waals surface area (Å²) >= 11 is 0. The molecule has 1 amide bonds. The second kappa shape index (κ2) is 8.81. The Morgan fingerprint density at radius 1 is 1.12 bits per heavy atom. The van der Waals surface area contributed by atoms with E-state index < -0.39 is 21.6 Å². The summed E-state index contributed by atoms with van der Waals surface area (Å²) in [5, 5.41) is 0. The molecule has 1 aliphatic heterocycles. The minimum absolute atomic E-state index is 0.0291. The third kappa shape index (κ3) is 5.55. The van der Waals surface area contributed by atoms with Crippen molar-refractivity contribution >= 4 is 21.7 Å². The number of anilines is 1. The molecule has 2 aromatic rings. The van der Waals surface area contributed by atoms with Crippen LogP contribution in [0.5, 0.6) is 5.75 Å². The molecule has 0 atom stereocenters. The van der Waals surface area contributed by atoms with Gasteiger partial charge in [0.2, 0.25) is 5.95 Å². The van der Waals surface area contributed by atoms with Gasteiger partial charge in [0.25, 0.3) is 5.91 Å². The molecule has 1 saturated heterocycles. The molecule has 2 heterocycles. The fourth-order valence-electron chi connectivity index (χ4n) is 3.44. The van der Waals surface area contributed by atoms with Crippen molar-refractivity contribution in [1.82, 2.24) is 14.9 Å². The molecular weight excluding hydrogens is 461 g/mol. The lowest BCUT2D eigenvalue weighted by Gasteiger charge is -2.35. The lowest BCUT2D eigenvalue weighted by Crippen LogP contribution is -2.49. The van der Waals surface area contributed by atoms with Crippen molar-refractivity contribution < 1.29 is 31.1 Å². The van der Waals surface area contributed by atoms with Crippen molar-refractivity contribution in [2.45, 2.75) is 23.9 Å². The van der Waals surface area contributed by atoms with Crippen LogP contribution < -0.4 is 9.64 Å². The maximum absolute atomic E-state index is 13.2. The van der Waals surface area contributed by atoms with E-state index in [4.69, 9.17) is 4.74 Å². The van der Waals surface area contributed by atoms with Crippen LogP contribution in [0, 0.1) is 5.92 Å². The molecular formula is C21H23F3N4O4S. The van der Waals surface area contributed by atoms with Crippen molar-refractivity contribution in [1.29, 1.82) is 0 Å². The van der Waals surface area contributed by atoms with Crippen LogP contribution in [0.2, 0.25) is 0 Å². The van der Waals surface area contributed by atoms with Gasteiger partial charge in [-0.2, -0.15) is 13.2 Å². The molecule has 1 saturated carbocycles. The predicted molar refractivity (Wildman–Crippen MR) is 113 cm³/mol. The molecule has 0 spiro atoms. The summed E-state index contributed by atoms with van der Waals surface area (Å²) in [6.07, 6.45) is 0.172. The number of benzene rings is 1. The van der Waals surface area contributed by atoms with Crippen molar-refractivity contribution in [2.75, 3.05) is 43.9 Å². The Hall–Kier alpha value is -2.89. The fourth-order valence-corrected chi connectivity index (χ4v) is 4.08. The number of sulfone groups is 1. The van der Waals surface area contributed by atoms with E-state index >= 15 is 0 Å². The maximum atomic E-state index is 13.2. The Bertz CT molecular complexity index is 1130. The molecule has 2 aliphatic rings. The highest BCUT2D eigenvalue weighted by molar-refractivity contribution is 7.90. The normalized spacial score (nSPS) is 17.2. The van der Waals surface area contributed by atoms with E-state index in [1.54, 1.807) is 9.80 Å². The molecule has 8 nitrogen and oxygen atoms in total. The molecule has 2 fully saturated rings. The zero-order chi connectivity index (χ0) is 23.8. The van der Waals surface area contributed by atoms with Crippen LogP contribution in [-0.4, -0.2) is 68.2 Å². The smallest absolute Gasteiger partial charge is 0.419 e. The Kier molecular flexibility index (Phi) is 6.21. The van der Waals surface area contributed by atoms with Gasteiger partial charge in [-0.15, -0.1) is 0 Å². The van der Waals surface area contributed by atoms with Crippen molar-refractivity contribution in [3.05, 3.63) is 41.7 Å². The van der Waals surface area contributed by atoms with E-state index in [9.17, 15) is 26.4 Å². The van der Waals surface area contributed by atoms with Crippen LogP contribution >= 0.6 is 0 Å². The van der Waals surface area contributed by atoms with Gasteiger partial charge in [-0.25, -0.2) is 18.4 Å². The van der Waals surface area contributed by atoms with Gasteiger partial charge in [0, 0.05) is 44.8 Å². The molecule has 178 valence electrons. The summed E-state index contributed by atoms with van der Waals surface area (Å²) in [6.45, 7) is 1.66. The number of hydrogen-bond donors (Lipinski definition) is 0. The van der Waals surface area contributed by atoms with Gasteiger partial charge in [0.05, 0.1) is 22.6 Å². The van der Waals surface area contributed by atoms with E-state index in [1.165, 1.54) is 18.2 Å². The first kappa shape index (κ1) is 23.3. The quantitative estimate of drug-likeness (QED) is 0.622. The van der Waals surface area contributed by atoms with Crippen LogP contribution in [0.25, 0.3) is 0 Å². The highest BCUT2D eigenvalue weighted by atomic mass is 32.2. The second-order valence-electron chi connectivity index (χ2n) is 8.23. The molecule has 1 aromatic carbocycles. The van der Waals surface area contributed by atoms with E-state index in [0.29, 0.717) is 31.4 Å². The van der Waals surface area contributed by atoms with Gasteiger partial charge in [-0.3, -0.25) is 4.79 Å². The topological polar surface area (TPSA) is 92.7 Å². The Morgan fingerprint density at radius 2 is 1.76 bits per heavy atom. The van der Waals surface area contributed by atoms with E-state index in [0.717, 1.165) is 31.5 Å². The number of ether oxygens (including phenoxy) is 1. The first-order valence-electron chi connectivity index (χ1n) is 10.4. The molecule has 4 rings (SSSR count). The lowest BCUT2D eigenvalue weighted by molar-refractivity contribution is -0.138. The van der Waals surface area contributed by atoms with Gasteiger partial charge in [0.15, 0.2) is 9.84 Å². The summed E-state index contributed by atoms with van der Waals surface area (Å²) in [6, 6.07) is 4.28. The van der Waals surface area contributed by atoms with Gasteiger partial charge >= 0.3 is 6.18 Å². The third-order valence-electron chi connectivity index (χ3n) is 5.60. The first-order chi connectivity index (χ1) is 15.5. The third-order valence-corrected chi connectivity index (χ3v) is 6.71. The summed E-state index contributed by atoms with van der Waals surface area (Å²) in [4.78, 5) is 24.1. The maximum Gasteiger partial charge on any atom is 0.419 e. The largest absolute Gasteiger partial charge is 0.492 e. The minimum atomic E-state index is -4.51. The molecule has 33 heavy (non-hydrogen) atoms. The van der Waals surface area contributed by atoms with Crippen molar-refractivity contribution in [3.63, 3.8) is 0 Å². The monoisotopic (exact) mass is 484 g/mol. The summed E-state index contributed by atoms with van der Waals surface area (Å²) in [5.41, 5.74) is -0.748. The van der Waals surface area contributed by atoms with Crippen LogP contribution in [-0.2, 0) is 16.0 Å². The van der Waals surface area contributed by atoms with Crippen LogP contribution in [0.4, 0.5) is 19.1 Å². The number of halogens is 3. The van der Waals surface area contributed by atoms with Crippen molar-refractivity contribution in [3.8, 4) is 5.75 Å². The summed E-state index contributed by atoms with van der Waals surface area (Å²) < 4.78 is 68.0. The minimum Gasteiger partial charge on any atom is -0.492 e. The number of aromatic nitrogens is 2. The second-order valence-corrected chi connectivity index (χ2v) is 10.2. The fraction of sp³-hybridized carbons (Fsp3) is 0.476. The predicted octanol–water partition coefficient (Wildman–Crippen LogP) is 2.65. The molecule has 0 unspecified atom stereocenters. The van der Waals surface area contributed by atoms with Gasteiger partial charge in [-0.1, -0.05) is 0 Å². The highest BCUT2D eigenvalue weighted by Gasteiger charge is 2.32. The van der Waals surface area contributed by atoms with Gasteiger partial charge < -0.3 is 14.5 Å². The van der Waals surface area contributed by atoms with E-state index in [2.05, 4.69) is 9.97 Å². The average Bonchev–Trinajstić information content (AvgIpc) is 3.61. The number of piperazine rings is 1. The number of rotatable bonds is 6. The number of hydrogen-bond acceptors (Lipinski definition) is 7. The van der Waals surface area contributed by atoms with E-state index in [-0.39, 0.29) is 35.4 Å². The molecule has 1 aromatic heterocycles. The van der Waals surface area contributed by atoms with E-state index in [1.807, 2.05) is 0 Å². The Labute approximate surface area is 189 Å². The number of nitrogens with zero attached hydrogens (tertiary/aromatic N) is 4. The van der Waals surface area contributed by atoms with Gasteiger partial charge in [0.1, 0.15) is 5.75 Å². The van der Waals surface area contributed by atoms with Crippen LogP contribution in [0.15, 0.2) is 35.5 Å². The summed E-state index contributed by atoms with van der Waals surface area (Å²) in [5.74, 6) is 0.588. The molecule has 12 heteroatoms. The Morgan fingerprint density at radius 3 is 2.30 bits per heavy atom. The Balaban J connectivity index is 1.47. The number of alkyl halides is 3.